The van der Waals surface area contributed by atoms with Crippen LogP contribution in [0.4, 0.5) is 0 Å². The lowest BCUT2D eigenvalue weighted by molar-refractivity contribution is 0.954. The lowest BCUT2D eigenvalue weighted by Crippen LogP contribution is -2.06. The molecule has 0 aliphatic rings. The Morgan fingerprint density at radius 3 is 1.43 bits per heavy atom. The van der Waals surface area contributed by atoms with E-state index in [-0.39, 0.29) is 0 Å². The maximum absolute atomic E-state index is 5.51. The van der Waals surface area contributed by atoms with Crippen molar-refractivity contribution < 1.29 is 0 Å². The number of nitrogens with zero attached hydrogens (tertiary/aromatic N) is 6. The third kappa shape index (κ3) is 6.16. The second-order valence-corrected chi connectivity index (χ2v) is 17.6. The van der Waals surface area contributed by atoms with Gasteiger partial charge in [-0.1, -0.05) is 182 Å². The number of aromatic nitrogens is 6. The van der Waals surface area contributed by atoms with Crippen LogP contribution in [0.15, 0.2) is 243 Å². The summed E-state index contributed by atoms with van der Waals surface area (Å²) >= 11 is 0. The molecule has 6 nitrogen and oxygen atoms in total. The molecule has 4 aromatic heterocycles. The fraction of sp³-hybridized carbons (Fsp3) is 0. The van der Waals surface area contributed by atoms with Crippen LogP contribution in [0.2, 0.25) is 0 Å². The van der Waals surface area contributed by atoms with Crippen LogP contribution in [0, 0.1) is 0 Å². The lowest BCUT2D eigenvalue weighted by Gasteiger charge is -2.16. The summed E-state index contributed by atoms with van der Waals surface area (Å²) < 4.78 is 7.03. The van der Waals surface area contributed by atoms with Crippen molar-refractivity contribution in [3.05, 3.63) is 243 Å². The molecular weight excluding hydrogens is 841 g/mol. The Balaban J connectivity index is 1.04. The quantitative estimate of drug-likeness (QED) is 0.160. The third-order valence-corrected chi connectivity index (χ3v) is 13.7. The molecule has 10 aromatic carbocycles. The van der Waals surface area contributed by atoms with Crippen molar-refractivity contribution in [2.75, 3.05) is 0 Å². The predicted molar refractivity (Wildman–Crippen MR) is 285 cm³/mol. The highest BCUT2D eigenvalue weighted by Crippen LogP contribution is 2.43. The Labute approximate surface area is 397 Å². The molecule has 0 saturated carbocycles. The van der Waals surface area contributed by atoms with Crippen LogP contribution < -0.4 is 0 Å². The minimum atomic E-state index is 0.555. The second-order valence-electron chi connectivity index (χ2n) is 17.6. The van der Waals surface area contributed by atoms with Gasteiger partial charge in [-0.3, -0.25) is 4.57 Å². The van der Waals surface area contributed by atoms with Crippen molar-refractivity contribution >= 4 is 65.4 Å². The molecule has 0 aliphatic heterocycles. The number of hydrogen-bond donors (Lipinski definition) is 0. The summed E-state index contributed by atoms with van der Waals surface area (Å²) in [7, 11) is 0. The largest absolute Gasteiger partial charge is 0.309 e. The van der Waals surface area contributed by atoms with Crippen molar-refractivity contribution in [3.8, 4) is 62.4 Å². The van der Waals surface area contributed by atoms with Crippen LogP contribution >= 0.6 is 0 Å². The zero-order valence-electron chi connectivity index (χ0n) is 37.3. The van der Waals surface area contributed by atoms with Crippen molar-refractivity contribution in [2.24, 2.45) is 0 Å². The Morgan fingerprint density at radius 1 is 0.261 bits per heavy atom. The van der Waals surface area contributed by atoms with E-state index in [9.17, 15) is 0 Å². The summed E-state index contributed by atoms with van der Waals surface area (Å²) in [5.74, 6) is 1.77. The first kappa shape index (κ1) is 38.8. The molecule has 0 N–H and O–H groups in total. The molecule has 0 bridgehead atoms. The zero-order chi connectivity index (χ0) is 45.4. The van der Waals surface area contributed by atoms with Gasteiger partial charge in [0.05, 0.1) is 38.8 Å². The minimum Gasteiger partial charge on any atom is -0.309 e. The van der Waals surface area contributed by atoms with Gasteiger partial charge in [0.25, 0.3) is 0 Å². The highest BCUT2D eigenvalue weighted by Gasteiger charge is 2.24. The van der Waals surface area contributed by atoms with Crippen molar-refractivity contribution in [1.29, 1.82) is 0 Å². The third-order valence-electron chi connectivity index (χ3n) is 13.7. The van der Waals surface area contributed by atoms with E-state index >= 15 is 0 Å². The topological polar surface area (TPSA) is 53.5 Å². The molecule has 4 heterocycles. The van der Waals surface area contributed by atoms with Crippen molar-refractivity contribution in [1.82, 2.24) is 28.7 Å². The average molecular weight is 881 g/mol. The van der Waals surface area contributed by atoms with E-state index in [0.717, 1.165) is 93.7 Å². The van der Waals surface area contributed by atoms with Crippen LogP contribution in [0.25, 0.3) is 128 Å². The summed E-state index contributed by atoms with van der Waals surface area (Å²) in [6, 6.07) is 86.3. The summed E-state index contributed by atoms with van der Waals surface area (Å²) in [6.45, 7) is 0. The van der Waals surface area contributed by atoms with Gasteiger partial charge in [0.1, 0.15) is 0 Å². The summed E-state index contributed by atoms with van der Waals surface area (Å²) in [6.07, 6.45) is 0. The molecular formula is C63H40N6. The first-order valence-electron chi connectivity index (χ1n) is 23.4. The predicted octanol–water partition coefficient (Wildman–Crippen LogP) is 15.8. The molecule has 0 radical (unpaired) electrons. The van der Waals surface area contributed by atoms with E-state index in [2.05, 4.69) is 238 Å². The SMILES string of the molecule is c1ccc(-c2ccc(-n3c4ccccc4c4cc5c(cc43)c3ccccc3n5-c3nc(-c4ccccc4)nc(-c4cccc5c4c4ccccc4n5-c4ccccc4)n3)c(-c3ccccc3)c2)cc1. The molecule has 0 atom stereocenters. The number of para-hydroxylation sites is 4. The highest BCUT2D eigenvalue weighted by atomic mass is 15.2. The fourth-order valence-electron chi connectivity index (χ4n) is 10.7. The Kier molecular flexibility index (Phi) is 8.79. The Morgan fingerprint density at radius 2 is 0.768 bits per heavy atom. The first-order chi connectivity index (χ1) is 34.2. The molecule has 0 aliphatic carbocycles. The van der Waals surface area contributed by atoms with Crippen LogP contribution in [-0.4, -0.2) is 28.7 Å². The van der Waals surface area contributed by atoms with Gasteiger partial charge in [0.15, 0.2) is 11.6 Å². The standard InChI is InChI=1S/C63H40N6/c1-5-20-41(21-6-1)44-36-37-56(50(38-44)42-22-7-2-8-23-42)68-53-32-16-13-28-46(53)51-40-59-52(39-58(51)68)47-29-14-17-33-54(47)69(59)63-65-61(43-24-9-3-10-25-43)64-62(66-63)49-31-19-35-57-60(49)48-30-15-18-34-55(48)67(57)45-26-11-4-12-27-45/h1-40H. The van der Waals surface area contributed by atoms with Crippen LogP contribution in [-0.2, 0) is 0 Å². The molecule has 322 valence electrons. The highest BCUT2D eigenvalue weighted by molar-refractivity contribution is 6.19. The number of rotatable bonds is 7. The molecule has 14 rings (SSSR count). The average Bonchev–Trinajstić information content (AvgIpc) is 4.06. The van der Waals surface area contributed by atoms with E-state index in [0.29, 0.717) is 17.6 Å². The monoisotopic (exact) mass is 880 g/mol. The molecule has 6 heteroatoms. The maximum Gasteiger partial charge on any atom is 0.238 e. The van der Waals surface area contributed by atoms with E-state index in [1.54, 1.807) is 0 Å². The van der Waals surface area contributed by atoms with Crippen LogP contribution in [0.1, 0.15) is 0 Å². The minimum absolute atomic E-state index is 0.555. The Hall–Kier alpha value is -9.39. The normalized spacial score (nSPS) is 11.8. The number of benzene rings is 10. The molecule has 14 aromatic rings. The van der Waals surface area contributed by atoms with E-state index < -0.39 is 0 Å². The van der Waals surface area contributed by atoms with Gasteiger partial charge in [-0.05, 0) is 77.4 Å². The summed E-state index contributed by atoms with van der Waals surface area (Å²) in [5.41, 5.74) is 15.3. The first-order valence-corrected chi connectivity index (χ1v) is 23.4. The molecule has 0 unspecified atom stereocenters. The molecule has 0 saturated heterocycles. The maximum atomic E-state index is 5.51. The smallest absolute Gasteiger partial charge is 0.238 e. The zero-order valence-corrected chi connectivity index (χ0v) is 37.3. The van der Waals surface area contributed by atoms with Gasteiger partial charge in [0, 0.05) is 54.7 Å². The molecule has 0 fully saturated rings. The van der Waals surface area contributed by atoms with Gasteiger partial charge < -0.3 is 9.13 Å². The summed E-state index contributed by atoms with van der Waals surface area (Å²) in [4.78, 5) is 16.2. The molecule has 0 amide bonds. The van der Waals surface area contributed by atoms with E-state index in [4.69, 9.17) is 15.0 Å². The van der Waals surface area contributed by atoms with E-state index in [1.807, 2.05) is 18.2 Å². The van der Waals surface area contributed by atoms with Gasteiger partial charge in [0.2, 0.25) is 5.95 Å². The Bertz CT molecular complexity index is 4280. The number of hydrogen-bond acceptors (Lipinski definition) is 3. The van der Waals surface area contributed by atoms with Crippen molar-refractivity contribution in [3.63, 3.8) is 0 Å². The van der Waals surface area contributed by atoms with Crippen molar-refractivity contribution in [2.45, 2.75) is 0 Å². The molecule has 69 heavy (non-hydrogen) atoms. The number of fused-ring (bicyclic) bond motifs is 9. The van der Waals surface area contributed by atoms with Crippen LogP contribution in [0.3, 0.4) is 0 Å². The van der Waals surface area contributed by atoms with Crippen LogP contribution in [0.5, 0.6) is 0 Å². The van der Waals surface area contributed by atoms with E-state index in [1.165, 1.54) is 16.5 Å². The van der Waals surface area contributed by atoms with Gasteiger partial charge in [-0.25, -0.2) is 4.98 Å². The van der Waals surface area contributed by atoms with Gasteiger partial charge in [-0.2, -0.15) is 9.97 Å². The fourth-order valence-corrected chi connectivity index (χ4v) is 10.7. The summed E-state index contributed by atoms with van der Waals surface area (Å²) in [5, 5.41) is 6.77. The molecule has 0 spiro atoms. The second kappa shape index (κ2) is 15.6. The lowest BCUT2D eigenvalue weighted by atomic mass is 9.97. The van der Waals surface area contributed by atoms with Gasteiger partial charge >= 0.3 is 0 Å². The van der Waals surface area contributed by atoms with Gasteiger partial charge in [-0.15, -0.1) is 0 Å².